The molecule has 1 aliphatic rings. The number of aryl methyl sites for hydroxylation is 2. The fourth-order valence-corrected chi connectivity index (χ4v) is 3.86. The van der Waals surface area contributed by atoms with Gasteiger partial charge in [-0.15, -0.1) is 11.3 Å². The number of rotatable bonds is 4. The topological polar surface area (TPSA) is 65.1 Å². The van der Waals surface area contributed by atoms with E-state index in [9.17, 15) is 4.79 Å². The number of H-pyrrole nitrogens is 1. The van der Waals surface area contributed by atoms with Crippen LogP contribution in [0.25, 0.3) is 0 Å². The fraction of sp³-hybridized carbons (Fsp3) is 0.562. The number of nitrogens with zero attached hydrogens (tertiary/aromatic N) is 4. The van der Waals surface area contributed by atoms with Crippen molar-refractivity contribution in [2.75, 3.05) is 32.7 Å². The summed E-state index contributed by atoms with van der Waals surface area (Å²) in [5.74, 6) is 1.17. The molecule has 124 valence electrons. The minimum atomic E-state index is 0.140. The number of hydrogen-bond donors (Lipinski definition) is 1. The molecule has 0 aromatic carbocycles. The summed E-state index contributed by atoms with van der Waals surface area (Å²) in [5.41, 5.74) is 0.858. The van der Waals surface area contributed by atoms with Crippen LogP contribution >= 0.6 is 11.3 Å². The highest BCUT2D eigenvalue weighted by molar-refractivity contribution is 7.13. The predicted molar refractivity (Wildman–Crippen MR) is 90.8 cm³/mol. The summed E-state index contributed by atoms with van der Waals surface area (Å²) in [6.45, 7) is 8.42. The van der Waals surface area contributed by atoms with Crippen LogP contribution in [0.3, 0.4) is 0 Å². The lowest BCUT2D eigenvalue weighted by Crippen LogP contribution is -2.35. The Morgan fingerprint density at radius 1 is 1.30 bits per heavy atom. The molecule has 2 aromatic heterocycles. The number of carbonyl (C=O) groups is 1. The molecule has 0 atom stereocenters. The quantitative estimate of drug-likeness (QED) is 0.928. The third-order valence-corrected chi connectivity index (χ3v) is 5.25. The summed E-state index contributed by atoms with van der Waals surface area (Å²) in [7, 11) is 0. The molecular weight excluding hydrogens is 310 g/mol. The molecule has 7 heteroatoms. The van der Waals surface area contributed by atoms with Gasteiger partial charge in [0.2, 0.25) is 0 Å². The van der Waals surface area contributed by atoms with E-state index >= 15 is 0 Å². The van der Waals surface area contributed by atoms with Gasteiger partial charge in [-0.2, -0.15) is 0 Å². The number of amides is 1. The first-order valence-corrected chi connectivity index (χ1v) is 8.89. The van der Waals surface area contributed by atoms with Crippen LogP contribution in [-0.2, 0) is 6.42 Å². The van der Waals surface area contributed by atoms with Crippen LogP contribution in [0.15, 0.2) is 12.4 Å². The summed E-state index contributed by atoms with van der Waals surface area (Å²) in [6.07, 6.45) is 5.59. The molecule has 1 amide bonds. The molecule has 0 bridgehead atoms. The Hall–Kier alpha value is -1.73. The van der Waals surface area contributed by atoms with Gasteiger partial charge in [0.25, 0.3) is 5.91 Å². The summed E-state index contributed by atoms with van der Waals surface area (Å²) in [6, 6.07) is 0. The Morgan fingerprint density at radius 2 is 2.17 bits per heavy atom. The minimum absolute atomic E-state index is 0.140. The maximum absolute atomic E-state index is 12.7. The Labute approximate surface area is 140 Å². The summed E-state index contributed by atoms with van der Waals surface area (Å²) >= 11 is 1.50. The van der Waals surface area contributed by atoms with Crippen molar-refractivity contribution < 1.29 is 4.79 Å². The van der Waals surface area contributed by atoms with Gasteiger partial charge in [0.05, 0.1) is 10.7 Å². The number of nitrogens with one attached hydrogen (secondary N) is 1. The van der Waals surface area contributed by atoms with Gasteiger partial charge in [-0.05, 0) is 26.8 Å². The summed E-state index contributed by atoms with van der Waals surface area (Å²) in [5, 5.41) is 0.959. The zero-order valence-corrected chi connectivity index (χ0v) is 14.5. The largest absolute Gasteiger partial charge is 0.349 e. The van der Waals surface area contributed by atoms with Gasteiger partial charge in [-0.25, -0.2) is 9.97 Å². The van der Waals surface area contributed by atoms with E-state index < -0.39 is 0 Å². The van der Waals surface area contributed by atoms with Crippen molar-refractivity contribution in [3.63, 3.8) is 0 Å². The molecule has 2 aromatic rings. The van der Waals surface area contributed by atoms with Gasteiger partial charge < -0.3 is 14.8 Å². The smallest absolute Gasteiger partial charge is 0.265 e. The van der Waals surface area contributed by atoms with Gasteiger partial charge in [0, 0.05) is 45.0 Å². The van der Waals surface area contributed by atoms with Crippen molar-refractivity contribution in [3.05, 3.63) is 33.8 Å². The van der Waals surface area contributed by atoms with Crippen molar-refractivity contribution >= 4 is 17.2 Å². The highest BCUT2D eigenvalue weighted by atomic mass is 32.1. The molecule has 1 N–H and O–H groups in total. The minimum Gasteiger partial charge on any atom is -0.349 e. The van der Waals surface area contributed by atoms with E-state index in [4.69, 9.17) is 0 Å². The third-order valence-electron chi connectivity index (χ3n) is 4.19. The Bertz CT molecular complexity index is 651. The molecule has 1 aliphatic heterocycles. The molecule has 3 heterocycles. The second-order valence-corrected chi connectivity index (χ2v) is 7.12. The van der Waals surface area contributed by atoms with Crippen LogP contribution < -0.4 is 0 Å². The SMILES string of the molecule is Cc1nc(C)c(C(=O)N2CCCN(CCc3ncc[nH]3)CC2)s1. The first kappa shape index (κ1) is 16.1. The van der Waals surface area contributed by atoms with Gasteiger partial charge in [-0.1, -0.05) is 0 Å². The van der Waals surface area contributed by atoms with Gasteiger partial charge >= 0.3 is 0 Å². The van der Waals surface area contributed by atoms with Crippen LogP contribution in [-0.4, -0.2) is 63.4 Å². The Morgan fingerprint density at radius 3 is 2.87 bits per heavy atom. The van der Waals surface area contributed by atoms with Crippen LogP contribution in [0.4, 0.5) is 0 Å². The number of imidazole rings is 1. The molecule has 23 heavy (non-hydrogen) atoms. The average Bonchev–Trinajstić information content (AvgIpc) is 3.08. The molecule has 1 fully saturated rings. The van der Waals surface area contributed by atoms with Crippen LogP contribution in [0.1, 0.15) is 32.6 Å². The van der Waals surface area contributed by atoms with E-state index in [0.717, 1.165) is 67.0 Å². The number of hydrogen-bond acceptors (Lipinski definition) is 5. The zero-order chi connectivity index (χ0) is 16.2. The second kappa shape index (κ2) is 7.23. The highest BCUT2D eigenvalue weighted by Crippen LogP contribution is 2.20. The maximum Gasteiger partial charge on any atom is 0.265 e. The molecule has 1 saturated heterocycles. The lowest BCUT2D eigenvalue weighted by Gasteiger charge is -2.21. The van der Waals surface area contributed by atoms with Crippen molar-refractivity contribution in [2.45, 2.75) is 26.7 Å². The second-order valence-electron chi connectivity index (χ2n) is 5.92. The highest BCUT2D eigenvalue weighted by Gasteiger charge is 2.23. The van der Waals surface area contributed by atoms with E-state index in [0.29, 0.717) is 0 Å². The number of carbonyl (C=O) groups excluding carboxylic acids is 1. The third kappa shape index (κ3) is 3.97. The van der Waals surface area contributed by atoms with Crippen molar-refractivity contribution in [3.8, 4) is 0 Å². The van der Waals surface area contributed by atoms with Crippen LogP contribution in [0.5, 0.6) is 0 Å². The van der Waals surface area contributed by atoms with E-state index in [2.05, 4.69) is 19.9 Å². The van der Waals surface area contributed by atoms with Crippen LogP contribution in [0.2, 0.25) is 0 Å². The fourth-order valence-electron chi connectivity index (χ4n) is 2.97. The monoisotopic (exact) mass is 333 g/mol. The predicted octanol–water partition coefficient (Wildman–Crippen LogP) is 1.87. The first-order valence-electron chi connectivity index (χ1n) is 8.07. The van der Waals surface area contributed by atoms with Crippen LogP contribution in [0, 0.1) is 13.8 Å². The molecule has 0 saturated carbocycles. The molecule has 0 aliphatic carbocycles. The first-order chi connectivity index (χ1) is 11.1. The number of aromatic nitrogens is 3. The van der Waals surface area contributed by atoms with Crippen molar-refractivity contribution in [2.24, 2.45) is 0 Å². The lowest BCUT2D eigenvalue weighted by atomic mass is 10.3. The normalized spacial score (nSPS) is 16.5. The molecule has 0 unspecified atom stereocenters. The summed E-state index contributed by atoms with van der Waals surface area (Å²) < 4.78 is 0. The molecular formula is C16H23N5OS. The van der Waals surface area contributed by atoms with E-state index in [1.54, 1.807) is 6.20 Å². The van der Waals surface area contributed by atoms with Gasteiger partial charge in [-0.3, -0.25) is 4.79 Å². The maximum atomic E-state index is 12.7. The molecule has 6 nitrogen and oxygen atoms in total. The van der Waals surface area contributed by atoms with E-state index in [-0.39, 0.29) is 5.91 Å². The Balaban J connectivity index is 1.55. The summed E-state index contributed by atoms with van der Waals surface area (Å²) in [4.78, 5) is 29.7. The van der Waals surface area contributed by atoms with E-state index in [1.807, 2.05) is 24.9 Å². The zero-order valence-electron chi connectivity index (χ0n) is 13.7. The van der Waals surface area contributed by atoms with Crippen molar-refractivity contribution in [1.29, 1.82) is 0 Å². The van der Waals surface area contributed by atoms with E-state index in [1.165, 1.54) is 11.3 Å². The average molecular weight is 333 g/mol. The number of aromatic amines is 1. The Kier molecular flexibility index (Phi) is 5.07. The van der Waals surface area contributed by atoms with Gasteiger partial charge in [0.1, 0.15) is 10.7 Å². The molecule has 0 spiro atoms. The molecule has 3 rings (SSSR count). The standard InChI is InChI=1S/C16H23N5OS/c1-12-15(23-13(2)19-12)16(22)21-8-3-7-20(10-11-21)9-4-14-17-5-6-18-14/h5-6H,3-4,7-11H2,1-2H3,(H,17,18). The molecule has 0 radical (unpaired) electrons. The lowest BCUT2D eigenvalue weighted by molar-refractivity contribution is 0.0765. The van der Waals surface area contributed by atoms with Gasteiger partial charge in [0.15, 0.2) is 0 Å². The number of thiazole rings is 1. The van der Waals surface area contributed by atoms with Crippen molar-refractivity contribution in [1.82, 2.24) is 24.8 Å².